The van der Waals surface area contributed by atoms with Gasteiger partial charge in [0.1, 0.15) is 29.2 Å². The number of hydrogen-bond acceptors (Lipinski definition) is 3. The van der Waals surface area contributed by atoms with Crippen molar-refractivity contribution in [1.82, 2.24) is 0 Å². The Hall–Kier alpha value is -3.30. The van der Waals surface area contributed by atoms with Crippen LogP contribution in [0.25, 0.3) is 11.3 Å². The molecule has 0 amide bonds. The molecule has 3 rings (SSSR count). The molecule has 0 atom stereocenters. The summed E-state index contributed by atoms with van der Waals surface area (Å²) >= 11 is 0. The van der Waals surface area contributed by atoms with Gasteiger partial charge in [-0.2, -0.15) is 10.5 Å². The lowest BCUT2D eigenvalue weighted by atomic mass is 9.96. The molecule has 0 fully saturated rings. The van der Waals surface area contributed by atoms with Crippen molar-refractivity contribution in [2.75, 3.05) is 0 Å². The van der Waals surface area contributed by atoms with E-state index in [0.29, 0.717) is 17.1 Å². The van der Waals surface area contributed by atoms with E-state index in [2.05, 4.69) is 0 Å². The summed E-state index contributed by atoms with van der Waals surface area (Å²) in [5, 5.41) is 18.3. The summed E-state index contributed by atoms with van der Waals surface area (Å²) in [6, 6.07) is 20.9. The molecular formula is C18H10N2O. The molecule has 1 aliphatic heterocycles. The van der Waals surface area contributed by atoms with Crippen LogP contribution in [0.5, 0.6) is 5.75 Å². The van der Waals surface area contributed by atoms with Crippen LogP contribution >= 0.6 is 0 Å². The highest BCUT2D eigenvalue weighted by Crippen LogP contribution is 2.37. The largest absolute Gasteiger partial charge is 0.456 e. The third-order valence-corrected chi connectivity index (χ3v) is 3.22. The van der Waals surface area contributed by atoms with Crippen LogP contribution in [0.2, 0.25) is 0 Å². The quantitative estimate of drug-likeness (QED) is 0.738. The number of nitriles is 2. The van der Waals surface area contributed by atoms with Crippen LogP contribution < -0.4 is 4.74 Å². The van der Waals surface area contributed by atoms with Crippen molar-refractivity contribution in [3.05, 3.63) is 77.4 Å². The molecule has 0 saturated heterocycles. The van der Waals surface area contributed by atoms with E-state index in [1.807, 2.05) is 66.7 Å². The fraction of sp³-hybridized carbons (Fsp3) is 0. The minimum Gasteiger partial charge on any atom is -0.456 e. The molecule has 0 N–H and O–H groups in total. The first-order valence-corrected chi connectivity index (χ1v) is 6.42. The zero-order chi connectivity index (χ0) is 14.7. The molecule has 3 nitrogen and oxygen atoms in total. The van der Waals surface area contributed by atoms with Gasteiger partial charge in [-0.3, -0.25) is 0 Å². The summed E-state index contributed by atoms with van der Waals surface area (Å²) in [4.78, 5) is 0. The van der Waals surface area contributed by atoms with Gasteiger partial charge in [0.05, 0.1) is 0 Å². The Morgan fingerprint density at radius 1 is 0.857 bits per heavy atom. The topological polar surface area (TPSA) is 56.8 Å². The third-order valence-electron chi connectivity index (χ3n) is 3.22. The predicted molar refractivity (Wildman–Crippen MR) is 79.6 cm³/mol. The van der Waals surface area contributed by atoms with E-state index in [4.69, 9.17) is 15.3 Å². The number of hydrogen-bond donors (Lipinski definition) is 0. The second-order valence-corrected chi connectivity index (χ2v) is 4.49. The maximum atomic E-state index is 9.16. The van der Waals surface area contributed by atoms with Crippen molar-refractivity contribution in [2.45, 2.75) is 0 Å². The number of para-hydroxylation sites is 1. The van der Waals surface area contributed by atoms with Crippen LogP contribution in [0, 0.1) is 22.7 Å². The molecule has 0 aliphatic carbocycles. The van der Waals surface area contributed by atoms with Gasteiger partial charge in [-0.25, -0.2) is 0 Å². The number of ether oxygens (including phenoxy) is 1. The molecule has 1 heterocycles. The highest BCUT2D eigenvalue weighted by Gasteiger charge is 2.20. The second kappa shape index (κ2) is 5.36. The number of benzene rings is 2. The molecular weight excluding hydrogens is 260 g/mol. The van der Waals surface area contributed by atoms with Gasteiger partial charge in [-0.15, -0.1) is 0 Å². The van der Waals surface area contributed by atoms with Crippen molar-refractivity contribution in [3.8, 4) is 17.9 Å². The third kappa shape index (κ3) is 2.29. The molecule has 98 valence electrons. The first-order chi connectivity index (χ1) is 10.3. The van der Waals surface area contributed by atoms with Crippen molar-refractivity contribution in [2.24, 2.45) is 0 Å². The fourth-order valence-corrected chi connectivity index (χ4v) is 2.23. The molecule has 2 aromatic carbocycles. The lowest BCUT2D eigenvalue weighted by Gasteiger charge is -2.20. The molecule has 0 bridgehead atoms. The Kier molecular flexibility index (Phi) is 3.25. The summed E-state index contributed by atoms with van der Waals surface area (Å²) in [6.45, 7) is 0. The molecule has 0 aromatic heterocycles. The van der Waals surface area contributed by atoms with Crippen LogP contribution in [0.1, 0.15) is 11.1 Å². The van der Waals surface area contributed by atoms with Gasteiger partial charge in [0.15, 0.2) is 0 Å². The zero-order valence-corrected chi connectivity index (χ0v) is 11.1. The van der Waals surface area contributed by atoms with Crippen LogP contribution in [-0.2, 0) is 0 Å². The normalized spacial score (nSPS) is 12.3. The molecule has 2 aromatic rings. The molecule has 0 spiro atoms. The Morgan fingerprint density at radius 2 is 1.52 bits per heavy atom. The average molecular weight is 270 g/mol. The Balaban J connectivity index is 2.23. The smallest absolute Gasteiger partial charge is 0.137 e. The molecule has 0 radical (unpaired) electrons. The second-order valence-electron chi connectivity index (χ2n) is 4.49. The first kappa shape index (κ1) is 12.7. The van der Waals surface area contributed by atoms with Crippen molar-refractivity contribution >= 4 is 11.3 Å². The van der Waals surface area contributed by atoms with E-state index in [-0.39, 0.29) is 5.57 Å². The maximum absolute atomic E-state index is 9.16. The van der Waals surface area contributed by atoms with E-state index in [0.717, 1.165) is 11.1 Å². The van der Waals surface area contributed by atoms with Crippen LogP contribution in [0.15, 0.2) is 66.2 Å². The van der Waals surface area contributed by atoms with Gasteiger partial charge in [-0.05, 0) is 12.1 Å². The zero-order valence-electron chi connectivity index (χ0n) is 11.1. The summed E-state index contributed by atoms with van der Waals surface area (Å²) in [7, 11) is 0. The van der Waals surface area contributed by atoms with Crippen LogP contribution in [-0.4, -0.2) is 0 Å². The average Bonchev–Trinajstić information content (AvgIpc) is 2.56. The minimum atomic E-state index is 0.0826. The SMILES string of the molecule is N#CC(C#N)=C1C=C(c2ccccc2)Oc2ccccc21. The molecule has 1 aliphatic rings. The van der Waals surface area contributed by atoms with Crippen molar-refractivity contribution in [1.29, 1.82) is 10.5 Å². The number of rotatable bonds is 1. The van der Waals surface area contributed by atoms with E-state index < -0.39 is 0 Å². The lowest BCUT2D eigenvalue weighted by Crippen LogP contribution is -2.04. The standard InChI is InChI=1S/C18H10N2O/c19-11-14(12-20)16-10-18(13-6-2-1-3-7-13)21-17-9-5-4-8-15(16)17/h1-10H. The Bertz CT molecular complexity index is 818. The monoisotopic (exact) mass is 270 g/mol. The van der Waals surface area contributed by atoms with Gasteiger partial charge in [-0.1, -0.05) is 48.5 Å². The number of fused-ring (bicyclic) bond motifs is 1. The molecule has 0 saturated carbocycles. The summed E-state index contributed by atoms with van der Waals surface area (Å²) in [5.74, 6) is 1.28. The highest BCUT2D eigenvalue weighted by molar-refractivity contribution is 5.92. The van der Waals surface area contributed by atoms with Gasteiger partial charge in [0, 0.05) is 16.7 Å². The summed E-state index contributed by atoms with van der Waals surface area (Å²) in [6.07, 6.45) is 1.75. The molecule has 3 heteroatoms. The first-order valence-electron chi connectivity index (χ1n) is 6.42. The van der Waals surface area contributed by atoms with Crippen molar-refractivity contribution in [3.63, 3.8) is 0 Å². The van der Waals surface area contributed by atoms with Crippen LogP contribution in [0.4, 0.5) is 0 Å². The molecule has 0 unspecified atom stereocenters. The Labute approximate surface area is 122 Å². The van der Waals surface area contributed by atoms with Gasteiger partial charge >= 0.3 is 0 Å². The van der Waals surface area contributed by atoms with Gasteiger partial charge in [0.2, 0.25) is 0 Å². The predicted octanol–water partition coefficient (Wildman–Crippen LogP) is 3.92. The lowest BCUT2D eigenvalue weighted by molar-refractivity contribution is 0.509. The van der Waals surface area contributed by atoms with Gasteiger partial charge in [0.25, 0.3) is 0 Å². The van der Waals surface area contributed by atoms with E-state index >= 15 is 0 Å². The fourth-order valence-electron chi connectivity index (χ4n) is 2.23. The van der Waals surface area contributed by atoms with Crippen LogP contribution in [0.3, 0.4) is 0 Å². The maximum Gasteiger partial charge on any atom is 0.137 e. The van der Waals surface area contributed by atoms with E-state index in [1.54, 1.807) is 6.08 Å². The number of allylic oxidation sites excluding steroid dienone is 3. The van der Waals surface area contributed by atoms with Gasteiger partial charge < -0.3 is 4.74 Å². The number of nitrogens with zero attached hydrogens (tertiary/aromatic N) is 2. The van der Waals surface area contributed by atoms with E-state index in [1.165, 1.54) is 0 Å². The summed E-state index contributed by atoms with van der Waals surface area (Å²) < 4.78 is 5.90. The summed E-state index contributed by atoms with van der Waals surface area (Å²) in [5.41, 5.74) is 2.34. The van der Waals surface area contributed by atoms with E-state index in [9.17, 15) is 0 Å². The highest BCUT2D eigenvalue weighted by atomic mass is 16.5. The molecule has 21 heavy (non-hydrogen) atoms. The van der Waals surface area contributed by atoms with Crippen molar-refractivity contribution < 1.29 is 4.74 Å². The minimum absolute atomic E-state index is 0.0826. The Morgan fingerprint density at radius 3 is 2.24 bits per heavy atom.